The summed E-state index contributed by atoms with van der Waals surface area (Å²) < 4.78 is 7.27. The largest absolute Gasteiger partial charge is 0.398 e. The van der Waals surface area contributed by atoms with Gasteiger partial charge >= 0.3 is 0 Å². The lowest BCUT2D eigenvalue weighted by Crippen LogP contribution is -2.44. The number of ether oxygens (including phenoxy) is 1. The molecule has 0 radical (unpaired) electrons. The average molecular weight is 346 g/mol. The number of hydrogen-bond acceptors (Lipinski definition) is 8. The lowest BCUT2D eigenvalue weighted by molar-refractivity contribution is -0.0954. The van der Waals surface area contributed by atoms with Crippen LogP contribution in [-0.4, -0.2) is 49.3 Å². The first-order valence-electron chi connectivity index (χ1n) is 7.80. The second-order valence-electron chi connectivity index (χ2n) is 6.47. The first kappa shape index (κ1) is 16.0. The maximum atomic E-state index is 11.8. The quantitative estimate of drug-likeness (QED) is 0.484. The van der Waals surface area contributed by atoms with E-state index in [9.17, 15) is 20.1 Å². The number of nitrogen functional groups attached to an aromatic ring is 1. The molecule has 0 aliphatic carbocycles. The molecule has 2 aromatic rings. The molecule has 9 heteroatoms. The van der Waals surface area contributed by atoms with Gasteiger partial charge in [0.25, 0.3) is 5.56 Å². The van der Waals surface area contributed by atoms with Gasteiger partial charge in [0, 0.05) is 29.5 Å². The summed E-state index contributed by atoms with van der Waals surface area (Å²) in [5.41, 5.74) is 4.61. The van der Waals surface area contributed by atoms with Gasteiger partial charge < -0.3 is 35.7 Å². The van der Waals surface area contributed by atoms with Gasteiger partial charge in [0.15, 0.2) is 6.23 Å². The van der Waals surface area contributed by atoms with Gasteiger partial charge in [-0.05, 0) is 13.0 Å². The molecule has 2 aromatic heterocycles. The van der Waals surface area contributed by atoms with Crippen molar-refractivity contribution in [3.8, 4) is 0 Å². The van der Waals surface area contributed by atoms with Crippen molar-refractivity contribution in [3.05, 3.63) is 34.5 Å². The third-order valence-corrected chi connectivity index (χ3v) is 4.76. The Morgan fingerprint density at radius 1 is 1.52 bits per heavy atom. The highest BCUT2D eigenvalue weighted by Crippen LogP contribution is 2.43. The van der Waals surface area contributed by atoms with Crippen LogP contribution in [0, 0.1) is 0 Å². The smallest absolute Gasteiger partial charge is 0.272 e. The minimum Gasteiger partial charge on any atom is -0.398 e. The highest BCUT2D eigenvalue weighted by atomic mass is 16.6. The summed E-state index contributed by atoms with van der Waals surface area (Å²) in [5.74, 6) is 0.526. The Labute approximate surface area is 142 Å². The van der Waals surface area contributed by atoms with E-state index in [4.69, 9.17) is 10.5 Å². The zero-order valence-corrected chi connectivity index (χ0v) is 13.4. The van der Waals surface area contributed by atoms with Crippen LogP contribution in [0.15, 0.2) is 23.3 Å². The van der Waals surface area contributed by atoms with E-state index in [1.165, 1.54) is 13.0 Å². The van der Waals surface area contributed by atoms with Crippen molar-refractivity contribution in [2.45, 2.75) is 31.0 Å². The molecule has 0 spiro atoms. The summed E-state index contributed by atoms with van der Waals surface area (Å²) in [6, 6.07) is 1.23. The standard InChI is InChI=1S/C16H18N4O5/c1-16(24)13(23)10(6-21)25-15(16)20-5-7-8(17)4-11(22)19-9-2-3-18-14(20)12(7)9/h2-5,10,13,15,18,21,23-24H,6,17H2,1H3/t10-,13-,15-,16-/m1/s1. The zero-order chi connectivity index (χ0) is 17.9. The van der Waals surface area contributed by atoms with Crippen molar-refractivity contribution in [1.82, 2.24) is 9.55 Å². The van der Waals surface area contributed by atoms with Gasteiger partial charge in [0.05, 0.1) is 17.7 Å². The van der Waals surface area contributed by atoms with Crippen molar-refractivity contribution in [2.75, 3.05) is 17.7 Å². The van der Waals surface area contributed by atoms with E-state index >= 15 is 0 Å². The van der Waals surface area contributed by atoms with E-state index in [1.54, 1.807) is 23.0 Å². The molecule has 4 heterocycles. The molecule has 6 N–H and O–H groups in total. The monoisotopic (exact) mass is 346 g/mol. The SMILES string of the molecule is C[C@@]1(O)[C@H](O)[C@@H](CO)O[C@H]1n1cc2c(N)cc(=O)nc3c2c1NC=C3. The van der Waals surface area contributed by atoms with Crippen molar-refractivity contribution in [3.63, 3.8) is 0 Å². The van der Waals surface area contributed by atoms with Gasteiger partial charge in [-0.25, -0.2) is 4.98 Å². The Bertz CT molecular complexity index is 952. The van der Waals surface area contributed by atoms with Crippen LogP contribution in [0.5, 0.6) is 0 Å². The maximum Gasteiger partial charge on any atom is 0.272 e. The Hall–Kier alpha value is -2.46. The molecular weight excluding hydrogens is 328 g/mol. The second-order valence-corrected chi connectivity index (χ2v) is 6.47. The molecule has 9 nitrogen and oxygen atoms in total. The molecule has 0 amide bonds. The first-order chi connectivity index (χ1) is 11.8. The van der Waals surface area contributed by atoms with Gasteiger partial charge in [-0.2, -0.15) is 0 Å². The molecule has 0 unspecified atom stereocenters. The predicted molar refractivity (Wildman–Crippen MR) is 90.7 cm³/mol. The number of rotatable bonds is 2. The molecule has 0 saturated carbocycles. The molecule has 4 atom stereocenters. The first-order valence-corrected chi connectivity index (χ1v) is 7.80. The summed E-state index contributed by atoms with van der Waals surface area (Å²) in [5, 5.41) is 34.5. The summed E-state index contributed by atoms with van der Waals surface area (Å²) in [7, 11) is 0. The second kappa shape index (κ2) is 5.27. The normalized spacial score (nSPS) is 30.6. The fraction of sp³-hybridized carbons (Fsp3) is 0.375. The van der Waals surface area contributed by atoms with Crippen LogP contribution in [0.2, 0.25) is 0 Å². The lowest BCUT2D eigenvalue weighted by atomic mass is 9.96. The van der Waals surface area contributed by atoms with Gasteiger partial charge in [-0.3, -0.25) is 4.79 Å². The molecule has 2 aliphatic rings. The molecule has 4 rings (SSSR count). The van der Waals surface area contributed by atoms with E-state index in [0.717, 1.165) is 0 Å². The minimum absolute atomic E-state index is 0.243. The van der Waals surface area contributed by atoms with E-state index in [0.29, 0.717) is 22.3 Å². The number of hydrogen-bond donors (Lipinski definition) is 5. The number of aromatic nitrogens is 2. The van der Waals surface area contributed by atoms with E-state index in [1.807, 2.05) is 0 Å². The van der Waals surface area contributed by atoms with Crippen molar-refractivity contribution in [2.24, 2.45) is 0 Å². The van der Waals surface area contributed by atoms with Crippen LogP contribution in [0.4, 0.5) is 11.5 Å². The molecule has 0 bridgehead atoms. The molecule has 132 valence electrons. The van der Waals surface area contributed by atoms with Crippen LogP contribution in [-0.2, 0) is 4.74 Å². The van der Waals surface area contributed by atoms with Gasteiger partial charge in [-0.15, -0.1) is 0 Å². The molecule has 25 heavy (non-hydrogen) atoms. The molecule has 2 aliphatic heterocycles. The number of aliphatic hydroxyl groups is 3. The summed E-state index contributed by atoms with van der Waals surface area (Å²) in [4.78, 5) is 15.8. The van der Waals surface area contributed by atoms with Crippen molar-refractivity contribution < 1.29 is 20.1 Å². The fourth-order valence-electron chi connectivity index (χ4n) is 3.46. The van der Waals surface area contributed by atoms with Crippen molar-refractivity contribution in [1.29, 1.82) is 0 Å². The summed E-state index contributed by atoms with van der Waals surface area (Å²) in [6.07, 6.45) is 1.75. The molecular formula is C16H18N4O5. The van der Waals surface area contributed by atoms with Gasteiger partial charge in [0.1, 0.15) is 23.6 Å². The van der Waals surface area contributed by atoms with Crippen LogP contribution >= 0.6 is 0 Å². The van der Waals surface area contributed by atoms with Crippen LogP contribution in [0.1, 0.15) is 18.8 Å². The number of nitrogens with two attached hydrogens (primary N) is 1. The Morgan fingerprint density at radius 3 is 2.96 bits per heavy atom. The minimum atomic E-state index is -1.64. The van der Waals surface area contributed by atoms with Crippen LogP contribution in [0.25, 0.3) is 16.8 Å². The maximum absolute atomic E-state index is 11.8. The van der Waals surface area contributed by atoms with Crippen LogP contribution in [0.3, 0.4) is 0 Å². The Kier molecular flexibility index (Phi) is 3.38. The van der Waals surface area contributed by atoms with Gasteiger partial charge in [-0.1, -0.05) is 0 Å². The van der Waals surface area contributed by atoms with Gasteiger partial charge in [0.2, 0.25) is 0 Å². The van der Waals surface area contributed by atoms with E-state index in [-0.39, 0.29) is 5.69 Å². The lowest BCUT2D eigenvalue weighted by Gasteiger charge is -2.29. The van der Waals surface area contributed by atoms with Crippen molar-refractivity contribution >= 4 is 28.4 Å². The average Bonchev–Trinajstić information content (AvgIpc) is 3.00. The highest BCUT2D eigenvalue weighted by Gasteiger charge is 2.53. The summed E-state index contributed by atoms with van der Waals surface area (Å²) >= 11 is 0. The zero-order valence-electron chi connectivity index (χ0n) is 13.4. The third kappa shape index (κ3) is 2.17. The molecule has 1 saturated heterocycles. The number of anilines is 2. The number of aliphatic hydroxyl groups excluding tert-OH is 2. The summed E-state index contributed by atoms with van der Waals surface area (Å²) in [6.45, 7) is 1.01. The Balaban J connectivity index is 1.98. The van der Waals surface area contributed by atoms with Crippen LogP contribution < -0.4 is 16.6 Å². The van der Waals surface area contributed by atoms with E-state index in [2.05, 4.69) is 10.3 Å². The number of nitrogens with zero attached hydrogens (tertiary/aromatic N) is 2. The number of nitrogens with one attached hydrogen (secondary N) is 1. The topological polar surface area (TPSA) is 143 Å². The highest BCUT2D eigenvalue weighted by molar-refractivity contribution is 6.05. The fourth-order valence-corrected chi connectivity index (χ4v) is 3.46. The predicted octanol–water partition coefficient (Wildman–Crippen LogP) is -0.624. The molecule has 0 aromatic carbocycles. The van der Waals surface area contributed by atoms with E-state index < -0.39 is 36.2 Å². The Morgan fingerprint density at radius 2 is 2.28 bits per heavy atom. The molecule has 1 fully saturated rings. The third-order valence-electron chi connectivity index (χ3n) is 4.76.